The molecule has 1 amide bonds. The third-order valence-electron chi connectivity index (χ3n) is 8.54. The number of carbonyl (C=O) groups excluding carboxylic acids is 1. The van der Waals surface area contributed by atoms with E-state index in [-0.39, 0.29) is 12.7 Å². The van der Waals surface area contributed by atoms with Crippen molar-refractivity contribution in [3.63, 3.8) is 0 Å². The Kier molecular flexibility index (Phi) is 5.89. The van der Waals surface area contributed by atoms with E-state index in [4.69, 9.17) is 0 Å². The van der Waals surface area contributed by atoms with Crippen LogP contribution in [0.1, 0.15) is 73.1 Å². The number of hydrogen-bond acceptors (Lipinski definition) is 3. The number of nitrogens with one attached hydrogen (secondary N) is 1. The van der Waals surface area contributed by atoms with Crippen LogP contribution < -0.4 is 5.32 Å². The van der Waals surface area contributed by atoms with Gasteiger partial charge in [0, 0.05) is 20.6 Å². The van der Waals surface area contributed by atoms with E-state index >= 15 is 0 Å². The van der Waals surface area contributed by atoms with Crippen LogP contribution in [0.25, 0.3) is 0 Å². The molecule has 4 aliphatic carbocycles. The highest BCUT2D eigenvalue weighted by atomic mass is 16.2. The van der Waals surface area contributed by atoms with Gasteiger partial charge in [-0.25, -0.2) is 0 Å². The summed E-state index contributed by atoms with van der Waals surface area (Å²) in [4.78, 5) is 15.1. The standard InChI is InChI=1S/C25H37N3O.H2/c1-3-19-14-24(4-2)15-20(16-24)23(19)27-22(29)17-28-12-10-25(18-26,11-13-28)21-8-6-5-7-9-21;/h6,8-9,19-20,23H,3-5,7,10-17H2,1-2H3,(H,27,29);1H. The van der Waals surface area contributed by atoms with Crippen molar-refractivity contribution in [2.24, 2.45) is 22.7 Å². The van der Waals surface area contributed by atoms with Crippen LogP contribution in [-0.2, 0) is 4.79 Å². The lowest BCUT2D eigenvalue weighted by Gasteiger charge is -2.59. The summed E-state index contributed by atoms with van der Waals surface area (Å²) in [5, 5.41) is 13.3. The fourth-order valence-corrected chi connectivity index (χ4v) is 6.57. The summed E-state index contributed by atoms with van der Waals surface area (Å²) in [6, 6.07) is 2.99. The SMILES string of the molecule is CCC1CC2(CC)CC(C2)C1NC(=O)CN1CCC(C#N)(C2=CCCC=C2)CC1.[HH]. The van der Waals surface area contributed by atoms with Crippen LogP contribution in [-0.4, -0.2) is 36.5 Å². The minimum absolute atomic E-state index is 0. The molecule has 2 bridgehead atoms. The molecule has 160 valence electrons. The lowest BCUT2D eigenvalue weighted by Crippen LogP contribution is -2.60. The van der Waals surface area contributed by atoms with Crippen molar-refractivity contribution in [1.82, 2.24) is 10.2 Å². The van der Waals surface area contributed by atoms with Crippen molar-refractivity contribution in [1.29, 1.82) is 5.26 Å². The van der Waals surface area contributed by atoms with E-state index in [9.17, 15) is 10.1 Å². The van der Waals surface area contributed by atoms with Crippen molar-refractivity contribution in [2.45, 2.75) is 77.7 Å². The van der Waals surface area contributed by atoms with Gasteiger partial charge in [0.1, 0.15) is 0 Å². The van der Waals surface area contributed by atoms with Gasteiger partial charge in [-0.05, 0) is 67.8 Å². The van der Waals surface area contributed by atoms with Gasteiger partial charge in [0.15, 0.2) is 0 Å². The third-order valence-corrected chi connectivity index (χ3v) is 8.54. The molecule has 29 heavy (non-hydrogen) atoms. The highest BCUT2D eigenvalue weighted by molar-refractivity contribution is 5.78. The number of carbonyl (C=O) groups is 1. The largest absolute Gasteiger partial charge is 0.352 e. The maximum atomic E-state index is 12.8. The first-order valence-electron chi connectivity index (χ1n) is 11.8. The maximum Gasteiger partial charge on any atom is 0.234 e. The number of nitrogens with zero attached hydrogens (tertiary/aromatic N) is 2. The van der Waals surface area contributed by atoms with Gasteiger partial charge in [-0.1, -0.05) is 44.9 Å². The smallest absolute Gasteiger partial charge is 0.234 e. The number of rotatable bonds is 6. The summed E-state index contributed by atoms with van der Waals surface area (Å²) in [5.41, 5.74) is 1.44. The van der Waals surface area contributed by atoms with Crippen molar-refractivity contribution >= 4 is 5.91 Å². The molecule has 0 aromatic heterocycles. The molecule has 4 fully saturated rings. The monoisotopic (exact) mass is 397 g/mol. The Hall–Kier alpha value is -1.60. The van der Waals surface area contributed by atoms with Gasteiger partial charge in [-0.3, -0.25) is 9.69 Å². The van der Waals surface area contributed by atoms with Gasteiger partial charge >= 0.3 is 0 Å². The molecule has 5 aliphatic rings. The Bertz CT molecular complexity index is 723. The van der Waals surface area contributed by atoms with E-state index in [0.717, 1.165) is 38.8 Å². The second kappa shape index (κ2) is 8.26. The fraction of sp³-hybridized carbons (Fsp3) is 0.760. The molecular formula is C25H39N3O. The summed E-state index contributed by atoms with van der Waals surface area (Å²) in [6.07, 6.45) is 16.7. The van der Waals surface area contributed by atoms with Crippen molar-refractivity contribution in [2.75, 3.05) is 19.6 Å². The molecule has 0 radical (unpaired) electrons. The van der Waals surface area contributed by atoms with E-state index in [0.29, 0.717) is 29.8 Å². The normalized spacial score (nSPS) is 35.9. The topological polar surface area (TPSA) is 56.1 Å². The van der Waals surface area contributed by atoms with Crippen molar-refractivity contribution in [3.05, 3.63) is 23.8 Å². The van der Waals surface area contributed by atoms with Crippen LogP contribution in [0, 0.1) is 34.0 Å². The van der Waals surface area contributed by atoms with Gasteiger partial charge in [0.25, 0.3) is 0 Å². The maximum absolute atomic E-state index is 12.8. The van der Waals surface area contributed by atoms with Crippen LogP contribution >= 0.6 is 0 Å². The van der Waals surface area contributed by atoms with Crippen molar-refractivity contribution < 1.29 is 6.22 Å². The lowest BCUT2D eigenvalue weighted by atomic mass is 9.48. The van der Waals surface area contributed by atoms with Crippen LogP contribution in [0.2, 0.25) is 0 Å². The number of nitriles is 1. The molecule has 1 saturated heterocycles. The molecule has 1 aliphatic heterocycles. The molecule has 2 unspecified atom stereocenters. The zero-order valence-electron chi connectivity index (χ0n) is 18.3. The molecule has 0 spiro atoms. The van der Waals surface area contributed by atoms with Crippen molar-refractivity contribution in [3.8, 4) is 6.07 Å². The summed E-state index contributed by atoms with van der Waals surface area (Å²) >= 11 is 0. The zero-order valence-corrected chi connectivity index (χ0v) is 18.3. The van der Waals surface area contributed by atoms with Gasteiger partial charge in [-0.2, -0.15) is 5.26 Å². The van der Waals surface area contributed by atoms with Crippen LogP contribution in [0.5, 0.6) is 0 Å². The Morgan fingerprint density at radius 1 is 1.28 bits per heavy atom. The Morgan fingerprint density at radius 2 is 2.03 bits per heavy atom. The molecule has 0 aromatic rings. The molecule has 4 heteroatoms. The minimum Gasteiger partial charge on any atom is -0.352 e. The first kappa shape index (κ1) is 20.7. The first-order chi connectivity index (χ1) is 14.0. The third kappa shape index (κ3) is 3.91. The highest BCUT2D eigenvalue weighted by Crippen LogP contribution is 2.59. The number of fused-ring (bicyclic) bond motifs is 2. The average Bonchev–Trinajstić information content (AvgIpc) is 2.74. The number of allylic oxidation sites excluding steroid dienone is 4. The lowest BCUT2D eigenvalue weighted by molar-refractivity contribution is -0.129. The van der Waals surface area contributed by atoms with Crippen LogP contribution in [0.15, 0.2) is 23.8 Å². The summed E-state index contributed by atoms with van der Waals surface area (Å²) in [5.74, 6) is 1.52. The van der Waals surface area contributed by atoms with E-state index < -0.39 is 0 Å². The van der Waals surface area contributed by atoms with E-state index in [2.05, 4.69) is 48.4 Å². The summed E-state index contributed by atoms with van der Waals surface area (Å²) in [7, 11) is 0. The number of hydrogen-bond donors (Lipinski definition) is 1. The van der Waals surface area contributed by atoms with Gasteiger partial charge < -0.3 is 5.32 Å². The molecule has 2 atom stereocenters. The van der Waals surface area contributed by atoms with Gasteiger partial charge in [0.05, 0.1) is 18.0 Å². The number of likely N-dealkylation sites (tertiary alicyclic amines) is 1. The Labute approximate surface area is 177 Å². The fourth-order valence-electron chi connectivity index (χ4n) is 6.57. The van der Waals surface area contributed by atoms with Crippen LogP contribution in [0.3, 0.4) is 0 Å². The first-order valence-corrected chi connectivity index (χ1v) is 11.8. The van der Waals surface area contributed by atoms with Crippen LogP contribution in [0.4, 0.5) is 0 Å². The second-order valence-corrected chi connectivity index (χ2v) is 10.1. The molecule has 5 rings (SSSR count). The molecule has 3 saturated carbocycles. The van der Waals surface area contributed by atoms with E-state index in [1.54, 1.807) is 0 Å². The van der Waals surface area contributed by atoms with Gasteiger partial charge in [0.2, 0.25) is 5.91 Å². The predicted octanol–water partition coefficient (Wildman–Crippen LogP) is 4.84. The molecule has 1 N–H and O–H groups in total. The minimum atomic E-state index is -0.351. The average molecular weight is 398 g/mol. The zero-order chi connectivity index (χ0) is 20.5. The molecular weight excluding hydrogens is 358 g/mol. The summed E-state index contributed by atoms with van der Waals surface area (Å²) < 4.78 is 0. The van der Waals surface area contributed by atoms with Gasteiger partial charge in [-0.15, -0.1) is 0 Å². The molecule has 4 nitrogen and oxygen atoms in total. The second-order valence-electron chi connectivity index (χ2n) is 10.1. The number of amides is 1. The molecule has 1 heterocycles. The molecule has 0 aromatic carbocycles. The highest BCUT2D eigenvalue weighted by Gasteiger charge is 2.54. The predicted molar refractivity (Wildman–Crippen MR) is 118 cm³/mol. The van der Waals surface area contributed by atoms with E-state index in [1.165, 1.54) is 37.7 Å². The Balaban J connectivity index is 0.00000256. The number of piperidine rings is 1. The summed E-state index contributed by atoms with van der Waals surface area (Å²) in [6.45, 7) is 6.75. The Morgan fingerprint density at radius 3 is 2.62 bits per heavy atom. The van der Waals surface area contributed by atoms with E-state index in [1.807, 2.05) is 0 Å². The quantitative estimate of drug-likeness (QED) is 0.698.